The highest BCUT2D eigenvalue weighted by Gasteiger charge is 2.40. The lowest BCUT2D eigenvalue weighted by Crippen LogP contribution is -2.53. The number of hydrogen-bond acceptors (Lipinski definition) is 7. The topological polar surface area (TPSA) is 103 Å². The van der Waals surface area contributed by atoms with Crippen LogP contribution in [0.25, 0.3) is 0 Å². The van der Waals surface area contributed by atoms with E-state index in [-0.39, 0.29) is 30.7 Å². The van der Waals surface area contributed by atoms with Crippen LogP contribution < -0.4 is 5.73 Å². The summed E-state index contributed by atoms with van der Waals surface area (Å²) in [6, 6.07) is -0.350. The van der Waals surface area contributed by atoms with Gasteiger partial charge in [0.25, 0.3) is 0 Å². The van der Waals surface area contributed by atoms with E-state index in [9.17, 15) is 18.7 Å². The van der Waals surface area contributed by atoms with Gasteiger partial charge in [-0.2, -0.15) is 5.10 Å². The van der Waals surface area contributed by atoms with Crippen molar-refractivity contribution in [2.75, 3.05) is 13.7 Å². The minimum atomic E-state index is -1.26. The van der Waals surface area contributed by atoms with E-state index in [4.69, 9.17) is 10.5 Å². The minimum absolute atomic E-state index is 0.0218. The van der Waals surface area contributed by atoms with Crippen LogP contribution in [0.4, 0.5) is 8.78 Å². The van der Waals surface area contributed by atoms with Gasteiger partial charge in [0, 0.05) is 49.3 Å². The van der Waals surface area contributed by atoms with Crippen molar-refractivity contribution in [2.45, 2.75) is 56.8 Å². The Morgan fingerprint density at radius 1 is 1.43 bits per heavy atom. The number of fused-ring (bicyclic) bond motifs is 1. The van der Waals surface area contributed by atoms with Gasteiger partial charge in [0.1, 0.15) is 11.7 Å². The average Bonchev–Trinajstić information content (AvgIpc) is 3.28. The quantitative estimate of drug-likeness (QED) is 0.679. The van der Waals surface area contributed by atoms with Crippen molar-refractivity contribution in [3.8, 4) is 0 Å². The third-order valence-corrected chi connectivity index (χ3v) is 6.04. The van der Waals surface area contributed by atoms with E-state index >= 15 is 0 Å². The number of rotatable bonds is 5. The van der Waals surface area contributed by atoms with Crippen molar-refractivity contribution in [1.82, 2.24) is 14.7 Å². The van der Waals surface area contributed by atoms with Gasteiger partial charge in [0.05, 0.1) is 32.1 Å². The SMILES string of the molecule is COC(=O)[C@@H](O)Cn1cc2c(n1)CN([C@H]1CO[C@H](C3CC(F)=CC=C3F)[C@@H](N)C1)C2. The summed E-state index contributed by atoms with van der Waals surface area (Å²) in [4.78, 5) is 13.6. The first-order valence-corrected chi connectivity index (χ1v) is 9.99. The number of nitrogens with zero attached hydrogens (tertiary/aromatic N) is 3. The van der Waals surface area contributed by atoms with Gasteiger partial charge in [-0.15, -0.1) is 0 Å². The number of ether oxygens (including phenoxy) is 2. The Kier molecular flexibility index (Phi) is 6.01. The van der Waals surface area contributed by atoms with E-state index in [1.165, 1.54) is 7.11 Å². The van der Waals surface area contributed by atoms with E-state index in [0.717, 1.165) is 23.4 Å². The van der Waals surface area contributed by atoms with Crippen molar-refractivity contribution >= 4 is 5.97 Å². The maximum Gasteiger partial charge on any atom is 0.336 e. The van der Waals surface area contributed by atoms with Crippen molar-refractivity contribution < 1.29 is 28.2 Å². The van der Waals surface area contributed by atoms with Crippen LogP contribution in [0.1, 0.15) is 24.1 Å². The molecule has 0 aromatic carbocycles. The summed E-state index contributed by atoms with van der Waals surface area (Å²) < 4.78 is 39.7. The number of halogens is 2. The van der Waals surface area contributed by atoms with Gasteiger partial charge in [-0.05, 0) is 18.6 Å². The Bertz CT molecular complexity index is 847. The highest BCUT2D eigenvalue weighted by Crippen LogP contribution is 2.36. The molecule has 0 spiro atoms. The third kappa shape index (κ3) is 4.18. The molecule has 164 valence electrons. The fraction of sp³-hybridized carbons (Fsp3) is 0.600. The molecule has 30 heavy (non-hydrogen) atoms. The van der Waals surface area contributed by atoms with E-state index in [0.29, 0.717) is 26.1 Å². The predicted molar refractivity (Wildman–Crippen MR) is 102 cm³/mol. The van der Waals surface area contributed by atoms with Crippen LogP contribution in [-0.4, -0.2) is 63.8 Å². The number of methoxy groups -OCH3 is 1. The normalized spacial score (nSPS) is 30.4. The number of allylic oxidation sites excluding steroid dienone is 3. The number of aliphatic hydroxyl groups is 1. The predicted octanol–water partition coefficient (Wildman–Crippen LogP) is 0.944. The van der Waals surface area contributed by atoms with E-state index in [2.05, 4.69) is 14.7 Å². The van der Waals surface area contributed by atoms with Gasteiger partial charge >= 0.3 is 5.97 Å². The molecule has 3 heterocycles. The molecular formula is C20H26F2N4O4. The Labute approximate surface area is 172 Å². The van der Waals surface area contributed by atoms with Crippen LogP contribution >= 0.6 is 0 Å². The molecule has 4 rings (SSSR count). The van der Waals surface area contributed by atoms with Crippen molar-refractivity contribution in [2.24, 2.45) is 11.7 Å². The number of nitrogens with two attached hydrogens (primary N) is 1. The maximum atomic E-state index is 14.2. The number of esters is 1. The minimum Gasteiger partial charge on any atom is -0.467 e. The second-order valence-corrected chi connectivity index (χ2v) is 8.09. The van der Waals surface area contributed by atoms with Crippen molar-refractivity contribution in [3.05, 3.63) is 41.3 Å². The first-order chi connectivity index (χ1) is 14.4. The van der Waals surface area contributed by atoms with Crippen molar-refractivity contribution in [1.29, 1.82) is 0 Å². The lowest BCUT2D eigenvalue weighted by molar-refractivity contribution is -0.151. The summed E-state index contributed by atoms with van der Waals surface area (Å²) in [6.07, 6.45) is 2.89. The largest absolute Gasteiger partial charge is 0.467 e. The van der Waals surface area contributed by atoms with Crippen LogP contribution in [-0.2, 0) is 33.9 Å². The summed E-state index contributed by atoms with van der Waals surface area (Å²) >= 11 is 0. The molecule has 1 fully saturated rings. The number of carbonyl (C=O) groups is 1. The van der Waals surface area contributed by atoms with Crippen LogP contribution in [0.5, 0.6) is 0 Å². The van der Waals surface area contributed by atoms with E-state index < -0.39 is 30.1 Å². The number of aromatic nitrogens is 2. The number of hydrogen-bond donors (Lipinski definition) is 2. The monoisotopic (exact) mass is 424 g/mol. The third-order valence-electron chi connectivity index (χ3n) is 6.04. The summed E-state index contributed by atoms with van der Waals surface area (Å²) in [6.45, 7) is 1.66. The van der Waals surface area contributed by atoms with Gasteiger partial charge in [-0.3, -0.25) is 9.58 Å². The summed E-state index contributed by atoms with van der Waals surface area (Å²) in [5.74, 6) is -2.13. The molecular weight excluding hydrogens is 398 g/mol. The Morgan fingerprint density at radius 2 is 2.23 bits per heavy atom. The summed E-state index contributed by atoms with van der Waals surface area (Å²) in [7, 11) is 1.22. The summed E-state index contributed by atoms with van der Waals surface area (Å²) in [5, 5.41) is 14.2. The molecule has 0 saturated carbocycles. The molecule has 3 aliphatic rings. The Balaban J connectivity index is 1.33. The second kappa shape index (κ2) is 8.54. The molecule has 1 saturated heterocycles. The molecule has 10 heteroatoms. The standard InChI is InChI=1S/C20H26F2N4O4/c1-29-20(28)18(27)9-26-7-11-6-25(8-17(11)24-26)13-5-16(23)19(30-10-13)14-4-12(21)2-3-15(14)22/h2-3,7,13-14,16,18-19,27H,4-6,8-10,23H2,1H3/t13-,14?,16+,18+,19-/m1/s1. The number of aliphatic hydroxyl groups excluding tert-OH is 1. The zero-order valence-corrected chi connectivity index (χ0v) is 16.7. The molecule has 5 atom stereocenters. The molecule has 0 amide bonds. The zero-order valence-electron chi connectivity index (χ0n) is 16.7. The maximum absolute atomic E-state index is 14.2. The van der Waals surface area contributed by atoms with Gasteiger partial charge in [-0.1, -0.05) is 0 Å². The fourth-order valence-corrected chi connectivity index (χ4v) is 4.45. The van der Waals surface area contributed by atoms with Gasteiger partial charge < -0.3 is 20.3 Å². The van der Waals surface area contributed by atoms with Crippen LogP contribution in [0.3, 0.4) is 0 Å². The first-order valence-electron chi connectivity index (χ1n) is 9.99. The summed E-state index contributed by atoms with van der Waals surface area (Å²) in [5.41, 5.74) is 8.18. The highest BCUT2D eigenvalue weighted by atomic mass is 19.1. The molecule has 1 aliphatic carbocycles. The van der Waals surface area contributed by atoms with Crippen LogP contribution in [0, 0.1) is 5.92 Å². The molecule has 0 radical (unpaired) electrons. The smallest absolute Gasteiger partial charge is 0.336 e. The average molecular weight is 424 g/mol. The molecule has 3 N–H and O–H groups in total. The Hall–Kier alpha value is -2.14. The number of carbonyl (C=O) groups excluding carboxylic acids is 1. The lowest BCUT2D eigenvalue weighted by Gasteiger charge is -2.41. The van der Waals surface area contributed by atoms with Gasteiger partial charge in [-0.25, -0.2) is 13.6 Å². The molecule has 1 unspecified atom stereocenters. The fourth-order valence-electron chi connectivity index (χ4n) is 4.45. The van der Waals surface area contributed by atoms with Gasteiger partial charge in [0.2, 0.25) is 0 Å². The second-order valence-electron chi connectivity index (χ2n) is 8.09. The van der Waals surface area contributed by atoms with Crippen LogP contribution in [0.2, 0.25) is 0 Å². The molecule has 1 aromatic rings. The van der Waals surface area contributed by atoms with Crippen molar-refractivity contribution in [3.63, 3.8) is 0 Å². The van der Waals surface area contributed by atoms with E-state index in [1.807, 2.05) is 6.20 Å². The molecule has 1 aromatic heterocycles. The van der Waals surface area contributed by atoms with Crippen LogP contribution in [0.15, 0.2) is 30.0 Å². The zero-order chi connectivity index (χ0) is 21.4. The Morgan fingerprint density at radius 3 is 2.93 bits per heavy atom. The molecule has 0 bridgehead atoms. The lowest BCUT2D eigenvalue weighted by atomic mass is 9.85. The van der Waals surface area contributed by atoms with E-state index in [1.54, 1.807) is 4.68 Å². The molecule has 8 nitrogen and oxygen atoms in total. The highest BCUT2D eigenvalue weighted by molar-refractivity contribution is 5.74. The van der Waals surface area contributed by atoms with Gasteiger partial charge in [0.15, 0.2) is 6.10 Å². The molecule has 2 aliphatic heterocycles. The first kappa shape index (κ1) is 21.1.